The number of hydrogen-bond acceptors (Lipinski definition) is 7. The Labute approximate surface area is 181 Å². The van der Waals surface area contributed by atoms with Gasteiger partial charge in [-0.25, -0.2) is 4.98 Å². The maximum Gasteiger partial charge on any atom is 0.254 e. The van der Waals surface area contributed by atoms with Crippen LogP contribution in [0.4, 0.5) is 17.5 Å². The molecule has 1 fully saturated rings. The normalized spacial score (nSPS) is 16.1. The van der Waals surface area contributed by atoms with Crippen molar-refractivity contribution in [3.8, 4) is 16.9 Å². The van der Waals surface area contributed by atoms with Gasteiger partial charge in [0.15, 0.2) is 0 Å². The number of primary amides is 1. The molecule has 1 aliphatic heterocycles. The summed E-state index contributed by atoms with van der Waals surface area (Å²) in [5.41, 5.74) is 14.6. The van der Waals surface area contributed by atoms with Crippen molar-refractivity contribution in [2.24, 2.45) is 11.5 Å². The minimum Gasteiger partial charge on any atom is -0.496 e. The molecule has 4 rings (SSSR count). The number of carbonyl (C=O) groups excluding carboxylic acids is 1. The topological polar surface area (TPSA) is 119 Å². The van der Waals surface area contributed by atoms with Crippen LogP contribution in [-0.4, -0.2) is 42.1 Å². The Morgan fingerprint density at radius 1 is 1.23 bits per heavy atom. The molecule has 160 valence electrons. The smallest absolute Gasteiger partial charge is 0.254 e. The van der Waals surface area contributed by atoms with Gasteiger partial charge in [-0.15, -0.1) is 0 Å². The van der Waals surface area contributed by atoms with Crippen LogP contribution in [0.3, 0.4) is 0 Å². The number of methoxy groups -OCH3 is 1. The zero-order chi connectivity index (χ0) is 21.8. The van der Waals surface area contributed by atoms with E-state index in [-0.39, 0.29) is 11.6 Å². The standard InChI is InChI=1S/C23H26N6O2/c1-31-20-10-9-17(12-18(20)15-6-3-2-4-7-15)27-22-19(21(25)30)13-26-23(28-22)29-11-5-8-16(24)14-29/h2-4,6-7,9-10,12-13,16H,5,8,11,14,24H2,1H3,(H2,25,30)(H,26,27,28)/t16-/m0/s1. The first-order valence-electron chi connectivity index (χ1n) is 10.2. The molecule has 1 atom stereocenters. The fourth-order valence-corrected chi connectivity index (χ4v) is 3.76. The molecule has 31 heavy (non-hydrogen) atoms. The van der Waals surface area contributed by atoms with E-state index in [0.29, 0.717) is 18.3 Å². The van der Waals surface area contributed by atoms with Crippen LogP contribution in [0.15, 0.2) is 54.7 Å². The number of ether oxygens (including phenoxy) is 1. The number of hydrogen-bond donors (Lipinski definition) is 3. The largest absolute Gasteiger partial charge is 0.496 e. The quantitative estimate of drug-likeness (QED) is 0.563. The second-order valence-electron chi connectivity index (χ2n) is 7.55. The van der Waals surface area contributed by atoms with Crippen molar-refractivity contribution in [3.63, 3.8) is 0 Å². The predicted octanol–water partition coefficient (Wildman–Crippen LogP) is 2.92. The highest BCUT2D eigenvalue weighted by Crippen LogP contribution is 2.33. The summed E-state index contributed by atoms with van der Waals surface area (Å²) >= 11 is 0. The monoisotopic (exact) mass is 418 g/mol. The molecule has 8 heteroatoms. The minimum absolute atomic E-state index is 0.0830. The average molecular weight is 419 g/mol. The van der Waals surface area contributed by atoms with Crippen molar-refractivity contribution < 1.29 is 9.53 Å². The Balaban J connectivity index is 1.69. The van der Waals surface area contributed by atoms with Crippen LogP contribution in [0.2, 0.25) is 0 Å². The summed E-state index contributed by atoms with van der Waals surface area (Å²) in [5.74, 6) is 1.04. The molecule has 2 aromatic carbocycles. The molecule has 8 nitrogen and oxygen atoms in total. The van der Waals surface area contributed by atoms with E-state index in [1.807, 2.05) is 53.4 Å². The Hall–Kier alpha value is -3.65. The first kappa shape index (κ1) is 20.6. The van der Waals surface area contributed by atoms with Gasteiger partial charge < -0.3 is 26.4 Å². The van der Waals surface area contributed by atoms with E-state index in [9.17, 15) is 4.79 Å². The summed E-state index contributed by atoms with van der Waals surface area (Å²) in [6.45, 7) is 1.50. The van der Waals surface area contributed by atoms with Crippen LogP contribution in [0.5, 0.6) is 5.75 Å². The molecular weight excluding hydrogens is 392 g/mol. The summed E-state index contributed by atoms with van der Waals surface area (Å²) in [5, 5.41) is 3.24. The van der Waals surface area contributed by atoms with Crippen LogP contribution >= 0.6 is 0 Å². The number of nitrogens with zero attached hydrogens (tertiary/aromatic N) is 3. The zero-order valence-corrected chi connectivity index (χ0v) is 17.4. The lowest BCUT2D eigenvalue weighted by Gasteiger charge is -2.31. The highest BCUT2D eigenvalue weighted by atomic mass is 16.5. The number of piperidine rings is 1. The van der Waals surface area contributed by atoms with Gasteiger partial charge in [0.1, 0.15) is 17.1 Å². The van der Waals surface area contributed by atoms with Crippen molar-refractivity contribution in [3.05, 3.63) is 60.3 Å². The molecule has 0 radical (unpaired) electrons. The summed E-state index contributed by atoms with van der Waals surface area (Å²) in [6, 6.07) is 15.7. The lowest BCUT2D eigenvalue weighted by atomic mass is 10.0. The van der Waals surface area contributed by atoms with Crippen LogP contribution in [0, 0.1) is 0 Å². The maximum atomic E-state index is 12.0. The van der Waals surface area contributed by atoms with Gasteiger partial charge in [-0.2, -0.15) is 4.98 Å². The third-order valence-electron chi connectivity index (χ3n) is 5.33. The Morgan fingerprint density at radius 3 is 2.74 bits per heavy atom. The van der Waals surface area contributed by atoms with Crippen LogP contribution in [-0.2, 0) is 0 Å². The lowest BCUT2D eigenvalue weighted by molar-refractivity contribution is 0.100. The van der Waals surface area contributed by atoms with Gasteiger partial charge in [0, 0.05) is 36.6 Å². The van der Waals surface area contributed by atoms with Crippen LogP contribution < -0.4 is 26.4 Å². The van der Waals surface area contributed by atoms with Crippen molar-refractivity contribution >= 4 is 23.4 Å². The molecule has 5 N–H and O–H groups in total. The van der Waals surface area contributed by atoms with E-state index < -0.39 is 5.91 Å². The van der Waals surface area contributed by atoms with Crippen molar-refractivity contribution in [2.45, 2.75) is 18.9 Å². The van der Waals surface area contributed by atoms with Crippen molar-refractivity contribution in [1.82, 2.24) is 9.97 Å². The molecule has 1 aromatic heterocycles. The summed E-state index contributed by atoms with van der Waals surface area (Å²) in [7, 11) is 1.64. The van der Waals surface area contributed by atoms with Gasteiger partial charge >= 0.3 is 0 Å². The molecule has 1 saturated heterocycles. The summed E-state index contributed by atoms with van der Waals surface area (Å²) < 4.78 is 5.53. The lowest BCUT2D eigenvalue weighted by Crippen LogP contribution is -2.43. The van der Waals surface area contributed by atoms with Crippen molar-refractivity contribution in [1.29, 1.82) is 0 Å². The minimum atomic E-state index is -0.596. The highest BCUT2D eigenvalue weighted by molar-refractivity contribution is 5.98. The van der Waals surface area contributed by atoms with E-state index >= 15 is 0 Å². The molecular formula is C23H26N6O2. The van der Waals surface area contributed by atoms with Gasteiger partial charge in [-0.1, -0.05) is 30.3 Å². The van der Waals surface area contributed by atoms with Gasteiger partial charge in [0.05, 0.1) is 7.11 Å². The first-order chi connectivity index (χ1) is 15.0. The molecule has 1 aliphatic rings. The predicted molar refractivity (Wildman–Crippen MR) is 122 cm³/mol. The first-order valence-corrected chi connectivity index (χ1v) is 10.2. The number of nitrogens with one attached hydrogen (secondary N) is 1. The Morgan fingerprint density at radius 2 is 2.03 bits per heavy atom. The number of amides is 1. The SMILES string of the molecule is COc1ccc(Nc2nc(N3CCC[C@H](N)C3)ncc2C(N)=O)cc1-c1ccccc1. The van der Waals surface area contributed by atoms with E-state index in [1.54, 1.807) is 7.11 Å². The maximum absolute atomic E-state index is 12.0. The molecule has 0 saturated carbocycles. The number of benzene rings is 2. The molecule has 0 bridgehead atoms. The van der Waals surface area contributed by atoms with Gasteiger partial charge in [-0.05, 0) is 36.6 Å². The van der Waals surface area contributed by atoms with Gasteiger partial charge in [0.2, 0.25) is 5.95 Å². The molecule has 0 spiro atoms. The van der Waals surface area contributed by atoms with Crippen LogP contribution in [0.1, 0.15) is 23.2 Å². The third-order valence-corrected chi connectivity index (χ3v) is 5.33. The second-order valence-corrected chi connectivity index (χ2v) is 7.55. The number of carbonyl (C=O) groups is 1. The highest BCUT2D eigenvalue weighted by Gasteiger charge is 2.21. The fraction of sp³-hybridized carbons (Fsp3) is 0.261. The van der Waals surface area contributed by atoms with E-state index in [4.69, 9.17) is 16.2 Å². The fourth-order valence-electron chi connectivity index (χ4n) is 3.76. The Kier molecular flexibility index (Phi) is 5.99. The van der Waals surface area contributed by atoms with E-state index in [0.717, 1.165) is 42.0 Å². The third kappa shape index (κ3) is 4.59. The number of anilines is 3. The number of nitrogens with two attached hydrogens (primary N) is 2. The zero-order valence-electron chi connectivity index (χ0n) is 17.4. The molecule has 1 amide bonds. The molecule has 0 unspecified atom stereocenters. The second kappa shape index (κ2) is 9.01. The molecule has 2 heterocycles. The van der Waals surface area contributed by atoms with E-state index in [1.165, 1.54) is 6.20 Å². The number of rotatable bonds is 6. The Bertz CT molecular complexity index is 1070. The summed E-state index contributed by atoms with van der Waals surface area (Å²) in [4.78, 5) is 23.0. The van der Waals surface area contributed by atoms with Gasteiger partial charge in [0.25, 0.3) is 5.91 Å². The van der Waals surface area contributed by atoms with E-state index in [2.05, 4.69) is 15.3 Å². The summed E-state index contributed by atoms with van der Waals surface area (Å²) in [6.07, 6.45) is 3.42. The van der Waals surface area contributed by atoms with Crippen LogP contribution in [0.25, 0.3) is 11.1 Å². The number of aromatic nitrogens is 2. The molecule has 3 aromatic rings. The average Bonchev–Trinajstić information content (AvgIpc) is 2.79. The van der Waals surface area contributed by atoms with Gasteiger partial charge in [-0.3, -0.25) is 4.79 Å². The van der Waals surface area contributed by atoms with Crippen molar-refractivity contribution in [2.75, 3.05) is 30.4 Å². The molecule has 0 aliphatic carbocycles.